The predicted octanol–water partition coefficient (Wildman–Crippen LogP) is 6.15. The van der Waals surface area contributed by atoms with Crippen LogP contribution in [0.5, 0.6) is 11.5 Å². The van der Waals surface area contributed by atoms with Gasteiger partial charge in [-0.25, -0.2) is 4.79 Å². The molecule has 0 heterocycles. The van der Waals surface area contributed by atoms with Crippen molar-refractivity contribution in [2.75, 3.05) is 12.4 Å². The summed E-state index contributed by atoms with van der Waals surface area (Å²) in [6, 6.07) is 22.1. The van der Waals surface area contributed by atoms with E-state index in [4.69, 9.17) is 14.2 Å². The normalized spacial score (nSPS) is 10.7. The highest BCUT2D eigenvalue weighted by Crippen LogP contribution is 2.29. The van der Waals surface area contributed by atoms with Crippen molar-refractivity contribution in [3.05, 3.63) is 106 Å². The van der Waals surface area contributed by atoms with Gasteiger partial charge in [-0.2, -0.15) is 0 Å². The molecule has 0 saturated carbocycles. The first kappa shape index (κ1) is 26.2. The lowest BCUT2D eigenvalue weighted by Gasteiger charge is -2.16. The van der Waals surface area contributed by atoms with Crippen molar-refractivity contribution in [1.82, 2.24) is 0 Å². The fourth-order valence-electron chi connectivity index (χ4n) is 3.85. The van der Waals surface area contributed by atoms with Gasteiger partial charge in [-0.05, 0) is 54.4 Å². The minimum atomic E-state index is -0.571. The zero-order valence-electron chi connectivity index (χ0n) is 21.1. The molecular weight excluding hydrogens is 488 g/mol. The summed E-state index contributed by atoms with van der Waals surface area (Å²) in [5.74, 6) is -0.802. The first-order valence-corrected chi connectivity index (χ1v) is 11.8. The number of fused-ring (bicyclic) bond motifs is 1. The summed E-state index contributed by atoms with van der Waals surface area (Å²) in [6.45, 7) is 3.72. The first-order chi connectivity index (χ1) is 18.2. The summed E-state index contributed by atoms with van der Waals surface area (Å²) in [4.78, 5) is 36.2. The summed E-state index contributed by atoms with van der Waals surface area (Å²) in [5, 5.41) is 16.2. The van der Waals surface area contributed by atoms with Crippen LogP contribution in [-0.2, 0) is 11.3 Å². The van der Waals surface area contributed by atoms with Gasteiger partial charge in [0.05, 0.1) is 29.8 Å². The van der Waals surface area contributed by atoms with E-state index in [9.17, 15) is 19.7 Å². The van der Waals surface area contributed by atoms with Crippen LogP contribution in [0.1, 0.15) is 40.1 Å². The van der Waals surface area contributed by atoms with Crippen LogP contribution in [0, 0.1) is 10.1 Å². The van der Waals surface area contributed by atoms with Crippen molar-refractivity contribution in [2.24, 2.45) is 0 Å². The zero-order chi connectivity index (χ0) is 27.2. The number of hydrogen-bond acceptors (Lipinski definition) is 7. The Kier molecular flexibility index (Phi) is 7.86. The number of nitrogens with one attached hydrogen (secondary N) is 1. The third kappa shape index (κ3) is 6.07. The van der Waals surface area contributed by atoms with Crippen molar-refractivity contribution < 1.29 is 28.7 Å². The third-order valence-corrected chi connectivity index (χ3v) is 5.64. The fourth-order valence-corrected chi connectivity index (χ4v) is 3.85. The SMILES string of the molecule is COC(=O)c1ccc(NC(=O)c2ccc([N+](=O)[O-])cc2OCc2ccc3ccccc3c2)cc1OC(C)C. The van der Waals surface area contributed by atoms with Gasteiger partial charge in [-0.1, -0.05) is 36.4 Å². The highest BCUT2D eigenvalue weighted by Gasteiger charge is 2.20. The van der Waals surface area contributed by atoms with Gasteiger partial charge in [0.2, 0.25) is 0 Å². The molecule has 194 valence electrons. The Balaban J connectivity index is 1.60. The number of rotatable bonds is 9. The first-order valence-electron chi connectivity index (χ1n) is 11.8. The Labute approximate surface area is 219 Å². The largest absolute Gasteiger partial charge is 0.490 e. The molecule has 9 heteroatoms. The molecule has 1 N–H and O–H groups in total. The molecule has 0 saturated heterocycles. The minimum Gasteiger partial charge on any atom is -0.490 e. The van der Waals surface area contributed by atoms with Crippen molar-refractivity contribution in [1.29, 1.82) is 0 Å². The van der Waals surface area contributed by atoms with Crippen LogP contribution in [-0.4, -0.2) is 30.0 Å². The number of hydrogen-bond donors (Lipinski definition) is 1. The molecule has 0 aliphatic heterocycles. The summed E-state index contributed by atoms with van der Waals surface area (Å²) in [7, 11) is 1.27. The number of carbonyl (C=O) groups excluding carboxylic acids is 2. The minimum absolute atomic E-state index is 0.0645. The maximum Gasteiger partial charge on any atom is 0.341 e. The molecule has 0 aliphatic rings. The van der Waals surface area contributed by atoms with E-state index in [-0.39, 0.29) is 41.0 Å². The molecule has 9 nitrogen and oxygen atoms in total. The lowest BCUT2D eigenvalue weighted by molar-refractivity contribution is -0.384. The molecule has 0 radical (unpaired) electrons. The highest BCUT2D eigenvalue weighted by molar-refractivity contribution is 6.07. The second kappa shape index (κ2) is 11.4. The van der Waals surface area contributed by atoms with E-state index in [1.165, 1.54) is 37.4 Å². The summed E-state index contributed by atoms with van der Waals surface area (Å²) >= 11 is 0. The van der Waals surface area contributed by atoms with E-state index < -0.39 is 16.8 Å². The standard InChI is InChI=1S/C29H26N2O7/c1-18(2)38-27-15-22(10-12-25(27)29(33)36-3)30-28(32)24-13-11-23(31(34)35)16-26(24)37-17-19-8-9-20-6-4-5-7-21(20)14-19/h4-16,18H,17H2,1-3H3,(H,30,32). The maximum absolute atomic E-state index is 13.2. The number of methoxy groups -OCH3 is 1. The molecular formula is C29H26N2O7. The molecule has 38 heavy (non-hydrogen) atoms. The molecule has 0 aromatic heterocycles. The fraction of sp³-hybridized carbons (Fsp3) is 0.172. The lowest BCUT2D eigenvalue weighted by Crippen LogP contribution is -2.15. The molecule has 4 aromatic rings. The van der Waals surface area contributed by atoms with E-state index in [0.717, 1.165) is 16.3 Å². The van der Waals surface area contributed by atoms with Crippen molar-refractivity contribution in [2.45, 2.75) is 26.6 Å². The Morgan fingerprint density at radius 3 is 2.34 bits per heavy atom. The van der Waals surface area contributed by atoms with Crippen LogP contribution < -0.4 is 14.8 Å². The Morgan fingerprint density at radius 2 is 1.63 bits per heavy atom. The van der Waals surface area contributed by atoms with Gasteiger partial charge in [0.15, 0.2) is 0 Å². The number of benzene rings is 4. The van der Waals surface area contributed by atoms with Gasteiger partial charge < -0.3 is 19.5 Å². The predicted molar refractivity (Wildman–Crippen MR) is 143 cm³/mol. The second-order valence-electron chi connectivity index (χ2n) is 8.73. The lowest BCUT2D eigenvalue weighted by atomic mass is 10.1. The number of amides is 1. The number of nitro benzene ring substituents is 1. The average Bonchev–Trinajstić information content (AvgIpc) is 2.91. The molecule has 0 spiro atoms. The van der Waals surface area contributed by atoms with E-state index in [1.54, 1.807) is 6.07 Å². The van der Waals surface area contributed by atoms with E-state index in [1.807, 2.05) is 56.3 Å². The van der Waals surface area contributed by atoms with Crippen LogP contribution >= 0.6 is 0 Å². The number of non-ortho nitro benzene ring substituents is 1. The molecule has 0 unspecified atom stereocenters. The number of ether oxygens (including phenoxy) is 3. The molecule has 0 atom stereocenters. The highest BCUT2D eigenvalue weighted by atomic mass is 16.6. The molecule has 0 fully saturated rings. The van der Waals surface area contributed by atoms with Gasteiger partial charge in [-0.15, -0.1) is 0 Å². The number of carbonyl (C=O) groups is 2. The zero-order valence-corrected chi connectivity index (χ0v) is 21.1. The monoisotopic (exact) mass is 514 g/mol. The molecule has 1 amide bonds. The Bertz CT molecular complexity index is 1510. The van der Waals surface area contributed by atoms with Crippen LogP contribution in [0.2, 0.25) is 0 Å². The van der Waals surface area contributed by atoms with E-state index in [2.05, 4.69) is 5.32 Å². The number of anilines is 1. The van der Waals surface area contributed by atoms with Gasteiger partial charge in [0, 0.05) is 17.8 Å². The summed E-state index contributed by atoms with van der Waals surface area (Å²) in [6.07, 6.45) is -0.228. The van der Waals surface area contributed by atoms with E-state index >= 15 is 0 Å². The van der Waals surface area contributed by atoms with Crippen molar-refractivity contribution >= 4 is 34.0 Å². The van der Waals surface area contributed by atoms with Crippen LogP contribution in [0.3, 0.4) is 0 Å². The van der Waals surface area contributed by atoms with Gasteiger partial charge in [0.1, 0.15) is 23.7 Å². The van der Waals surface area contributed by atoms with Crippen LogP contribution in [0.4, 0.5) is 11.4 Å². The van der Waals surface area contributed by atoms with Crippen molar-refractivity contribution in [3.63, 3.8) is 0 Å². The maximum atomic E-state index is 13.2. The topological polar surface area (TPSA) is 117 Å². The van der Waals surface area contributed by atoms with Gasteiger partial charge in [-0.3, -0.25) is 14.9 Å². The third-order valence-electron chi connectivity index (χ3n) is 5.64. The molecule has 4 rings (SSSR count). The second-order valence-corrected chi connectivity index (χ2v) is 8.73. The van der Waals surface area contributed by atoms with Crippen LogP contribution in [0.25, 0.3) is 10.8 Å². The number of nitrogens with zero attached hydrogens (tertiary/aromatic N) is 1. The quantitative estimate of drug-likeness (QED) is 0.162. The van der Waals surface area contributed by atoms with Gasteiger partial charge in [0.25, 0.3) is 11.6 Å². The Morgan fingerprint density at radius 1 is 0.895 bits per heavy atom. The molecule has 0 bridgehead atoms. The van der Waals surface area contributed by atoms with Crippen molar-refractivity contribution in [3.8, 4) is 11.5 Å². The number of nitro groups is 1. The Hall–Kier alpha value is -4.92. The molecule has 4 aromatic carbocycles. The average molecular weight is 515 g/mol. The summed E-state index contributed by atoms with van der Waals surface area (Å²) < 4.78 is 16.4. The van der Waals surface area contributed by atoms with Crippen LogP contribution in [0.15, 0.2) is 78.9 Å². The molecule has 0 aliphatic carbocycles. The smallest absolute Gasteiger partial charge is 0.341 e. The van der Waals surface area contributed by atoms with Gasteiger partial charge >= 0.3 is 5.97 Å². The van der Waals surface area contributed by atoms with E-state index in [0.29, 0.717) is 5.69 Å². The number of esters is 1. The summed E-state index contributed by atoms with van der Waals surface area (Å²) in [5.41, 5.74) is 1.33.